The molecule has 3 unspecified atom stereocenters. The predicted octanol–water partition coefficient (Wildman–Crippen LogP) is 5.28. The molecule has 1 aliphatic carbocycles. The van der Waals surface area contributed by atoms with Crippen LogP contribution < -0.4 is 0 Å². The van der Waals surface area contributed by atoms with Crippen LogP contribution in [0.15, 0.2) is 0 Å². The lowest BCUT2D eigenvalue weighted by molar-refractivity contribution is 0.373. The van der Waals surface area contributed by atoms with E-state index in [1.54, 1.807) is 6.42 Å². The summed E-state index contributed by atoms with van der Waals surface area (Å²) in [5.41, 5.74) is 0. The number of unbranched alkanes of at least 4 members (excludes halogenated alkanes) is 2. The second kappa shape index (κ2) is 6.55. The summed E-state index contributed by atoms with van der Waals surface area (Å²) in [5.74, 6) is 4.03. The fourth-order valence-electron chi connectivity index (χ4n) is 2.55. The molecule has 0 saturated heterocycles. The highest BCUT2D eigenvalue weighted by Gasteiger charge is 2.33. The summed E-state index contributed by atoms with van der Waals surface area (Å²) in [6, 6.07) is 0. The molecular formula is C15H30. The zero-order chi connectivity index (χ0) is 11.3. The highest BCUT2D eigenvalue weighted by Crippen LogP contribution is 2.44. The molecular weight excluding hydrogens is 180 g/mol. The molecule has 0 bridgehead atoms. The van der Waals surface area contributed by atoms with Crippen molar-refractivity contribution in [2.24, 2.45) is 23.7 Å². The smallest absolute Gasteiger partial charge is 0.0383 e. The predicted molar refractivity (Wildman–Crippen MR) is 69.0 cm³/mol. The Labute approximate surface area is 96.8 Å². The van der Waals surface area contributed by atoms with Crippen molar-refractivity contribution in [1.82, 2.24) is 0 Å². The van der Waals surface area contributed by atoms with Crippen molar-refractivity contribution in [3.63, 3.8) is 0 Å². The second-order valence-electron chi connectivity index (χ2n) is 6.02. The van der Waals surface area contributed by atoms with Gasteiger partial charge in [-0.25, -0.2) is 0 Å². The van der Waals surface area contributed by atoms with Crippen molar-refractivity contribution >= 4 is 0 Å². The number of hydrogen-bond donors (Lipinski definition) is 0. The van der Waals surface area contributed by atoms with Crippen molar-refractivity contribution < 1.29 is 0 Å². The Morgan fingerprint density at radius 2 is 1.73 bits per heavy atom. The van der Waals surface area contributed by atoms with Crippen LogP contribution in [0.3, 0.4) is 0 Å². The van der Waals surface area contributed by atoms with Gasteiger partial charge in [-0.05, 0) is 30.1 Å². The van der Waals surface area contributed by atoms with Crippen LogP contribution >= 0.6 is 0 Å². The average Bonchev–Trinajstić information content (AvgIpc) is 2.95. The highest BCUT2D eigenvalue weighted by atomic mass is 14.4. The van der Waals surface area contributed by atoms with Gasteiger partial charge in [-0.15, -0.1) is 0 Å². The Morgan fingerprint density at radius 1 is 1.00 bits per heavy atom. The minimum absolute atomic E-state index is 0.873. The van der Waals surface area contributed by atoms with E-state index in [0.717, 1.165) is 23.7 Å². The van der Waals surface area contributed by atoms with E-state index < -0.39 is 0 Å². The molecule has 0 aliphatic heterocycles. The van der Waals surface area contributed by atoms with E-state index in [9.17, 15) is 0 Å². The van der Waals surface area contributed by atoms with Crippen LogP contribution in [-0.4, -0.2) is 0 Å². The standard InChI is InChI=1S/C15H30/c1-5-14-11-15(14)10-8-6-7-9-13(4)12(2)3/h12-15H,5-11H2,1-4H3. The van der Waals surface area contributed by atoms with Gasteiger partial charge in [0.2, 0.25) is 0 Å². The highest BCUT2D eigenvalue weighted by molar-refractivity contribution is 4.84. The maximum atomic E-state index is 2.40. The molecule has 0 heteroatoms. The van der Waals surface area contributed by atoms with Gasteiger partial charge in [0.1, 0.15) is 0 Å². The topological polar surface area (TPSA) is 0 Å². The Kier molecular flexibility index (Phi) is 5.71. The van der Waals surface area contributed by atoms with Gasteiger partial charge >= 0.3 is 0 Å². The van der Waals surface area contributed by atoms with Gasteiger partial charge in [-0.2, -0.15) is 0 Å². The lowest BCUT2D eigenvalue weighted by Gasteiger charge is -2.14. The van der Waals surface area contributed by atoms with Gasteiger partial charge in [0.25, 0.3) is 0 Å². The van der Waals surface area contributed by atoms with Gasteiger partial charge < -0.3 is 0 Å². The number of rotatable bonds is 8. The maximum Gasteiger partial charge on any atom is -0.0383 e. The Hall–Kier alpha value is 0. The molecule has 0 spiro atoms. The summed E-state index contributed by atoms with van der Waals surface area (Å²) in [7, 11) is 0. The van der Waals surface area contributed by atoms with E-state index in [-0.39, 0.29) is 0 Å². The molecule has 1 fully saturated rings. The fraction of sp³-hybridized carbons (Fsp3) is 1.00. The van der Waals surface area contributed by atoms with Gasteiger partial charge in [0, 0.05) is 0 Å². The first-order valence-electron chi connectivity index (χ1n) is 7.15. The Morgan fingerprint density at radius 3 is 2.27 bits per heavy atom. The third kappa shape index (κ3) is 5.04. The van der Waals surface area contributed by atoms with Crippen molar-refractivity contribution in [2.75, 3.05) is 0 Å². The van der Waals surface area contributed by atoms with Gasteiger partial charge in [0.15, 0.2) is 0 Å². The fourth-order valence-corrected chi connectivity index (χ4v) is 2.55. The summed E-state index contributed by atoms with van der Waals surface area (Å²) in [4.78, 5) is 0. The van der Waals surface area contributed by atoms with Crippen molar-refractivity contribution in [2.45, 2.75) is 72.6 Å². The zero-order valence-electron chi connectivity index (χ0n) is 11.3. The molecule has 3 atom stereocenters. The van der Waals surface area contributed by atoms with Gasteiger partial charge in [-0.3, -0.25) is 0 Å². The molecule has 0 heterocycles. The molecule has 0 radical (unpaired) electrons. The maximum absolute atomic E-state index is 2.40. The van der Waals surface area contributed by atoms with E-state index in [0.29, 0.717) is 0 Å². The monoisotopic (exact) mass is 210 g/mol. The third-order valence-electron chi connectivity index (χ3n) is 4.47. The van der Waals surface area contributed by atoms with E-state index in [2.05, 4.69) is 27.7 Å². The van der Waals surface area contributed by atoms with Crippen LogP contribution in [0.25, 0.3) is 0 Å². The molecule has 1 saturated carbocycles. The Bertz CT molecular complexity index is 159. The summed E-state index contributed by atoms with van der Waals surface area (Å²) in [6.07, 6.45) is 10.4. The summed E-state index contributed by atoms with van der Waals surface area (Å²) in [5, 5.41) is 0. The molecule has 0 nitrogen and oxygen atoms in total. The van der Waals surface area contributed by atoms with Crippen LogP contribution in [0.1, 0.15) is 72.6 Å². The summed E-state index contributed by atoms with van der Waals surface area (Å²) in [6.45, 7) is 9.44. The minimum atomic E-state index is 0.873. The molecule has 1 aliphatic rings. The molecule has 90 valence electrons. The van der Waals surface area contributed by atoms with Gasteiger partial charge in [-0.1, -0.05) is 66.2 Å². The molecule has 0 aromatic rings. The largest absolute Gasteiger partial charge is 0.0651 e. The van der Waals surface area contributed by atoms with Crippen LogP contribution in [-0.2, 0) is 0 Å². The second-order valence-corrected chi connectivity index (χ2v) is 6.02. The Balaban J connectivity index is 1.85. The lowest BCUT2D eigenvalue weighted by atomic mass is 9.92. The van der Waals surface area contributed by atoms with Crippen LogP contribution in [0.4, 0.5) is 0 Å². The first-order chi connectivity index (χ1) is 7.15. The lowest BCUT2D eigenvalue weighted by Crippen LogP contribution is -2.03. The van der Waals surface area contributed by atoms with Crippen LogP contribution in [0.5, 0.6) is 0 Å². The average molecular weight is 210 g/mol. The first kappa shape index (κ1) is 13.1. The molecule has 0 aromatic carbocycles. The summed E-state index contributed by atoms with van der Waals surface area (Å²) >= 11 is 0. The molecule has 0 N–H and O–H groups in total. The zero-order valence-corrected chi connectivity index (χ0v) is 11.3. The van der Waals surface area contributed by atoms with Crippen LogP contribution in [0, 0.1) is 23.7 Å². The van der Waals surface area contributed by atoms with Crippen LogP contribution in [0.2, 0.25) is 0 Å². The summed E-state index contributed by atoms with van der Waals surface area (Å²) < 4.78 is 0. The van der Waals surface area contributed by atoms with Gasteiger partial charge in [0.05, 0.1) is 0 Å². The third-order valence-corrected chi connectivity index (χ3v) is 4.47. The molecule has 1 rings (SSSR count). The van der Waals surface area contributed by atoms with E-state index in [4.69, 9.17) is 0 Å². The first-order valence-corrected chi connectivity index (χ1v) is 7.15. The normalized spacial score (nSPS) is 27.0. The minimum Gasteiger partial charge on any atom is -0.0651 e. The van der Waals surface area contributed by atoms with E-state index >= 15 is 0 Å². The quantitative estimate of drug-likeness (QED) is 0.478. The molecule has 0 amide bonds. The SMILES string of the molecule is CCC1CC1CCCCCC(C)C(C)C. The molecule has 0 aromatic heterocycles. The van der Waals surface area contributed by atoms with E-state index in [1.165, 1.54) is 38.5 Å². The van der Waals surface area contributed by atoms with Crippen molar-refractivity contribution in [3.05, 3.63) is 0 Å². The van der Waals surface area contributed by atoms with Crippen molar-refractivity contribution in [3.8, 4) is 0 Å². The number of hydrogen-bond acceptors (Lipinski definition) is 0. The molecule has 15 heavy (non-hydrogen) atoms. The van der Waals surface area contributed by atoms with E-state index in [1.807, 2.05) is 0 Å². The van der Waals surface area contributed by atoms with Crippen molar-refractivity contribution in [1.29, 1.82) is 0 Å².